The largest absolute Gasteiger partial charge is 0.339 e. The number of pyridine rings is 1. The Morgan fingerprint density at radius 1 is 1.50 bits per heavy atom. The number of aryl methyl sites for hydroxylation is 1. The van der Waals surface area contributed by atoms with Crippen LogP contribution in [0.2, 0.25) is 0 Å². The molecule has 59 valence electrons. The maximum atomic E-state index is 4.80. The van der Waals surface area contributed by atoms with Crippen molar-refractivity contribution >= 4 is 0 Å². The Balaban J connectivity index is 2.45. The molecule has 0 bridgehead atoms. The second-order valence-corrected chi connectivity index (χ2v) is 2.28. The van der Waals surface area contributed by atoms with E-state index >= 15 is 0 Å². The fraction of sp³-hybridized carbons (Fsp3) is 0.125. The molecule has 0 spiro atoms. The number of rotatable bonds is 1. The molecular formula is C8H6N3O. The van der Waals surface area contributed by atoms with Gasteiger partial charge in [0.05, 0.1) is 0 Å². The molecule has 12 heavy (non-hydrogen) atoms. The van der Waals surface area contributed by atoms with Gasteiger partial charge in [-0.15, -0.1) is 0 Å². The van der Waals surface area contributed by atoms with E-state index in [0.717, 1.165) is 0 Å². The van der Waals surface area contributed by atoms with Crippen LogP contribution >= 0.6 is 0 Å². The summed E-state index contributed by atoms with van der Waals surface area (Å²) in [5, 5.41) is 3.72. The fourth-order valence-electron chi connectivity index (χ4n) is 0.850. The minimum absolute atomic E-state index is 0.504. The first-order chi connectivity index (χ1) is 5.86. The lowest BCUT2D eigenvalue weighted by molar-refractivity contribution is 0.394. The predicted molar refractivity (Wildman–Crippen MR) is 41.1 cm³/mol. The number of nitrogens with zero attached hydrogens (tertiary/aromatic N) is 3. The second kappa shape index (κ2) is 2.73. The number of hydrogen-bond donors (Lipinski definition) is 0. The Kier molecular flexibility index (Phi) is 1.59. The van der Waals surface area contributed by atoms with Gasteiger partial charge in [-0.05, 0) is 18.2 Å². The van der Waals surface area contributed by atoms with Crippen molar-refractivity contribution in [3.63, 3.8) is 0 Å². The molecule has 0 fully saturated rings. The average molecular weight is 160 g/mol. The molecule has 0 amide bonds. The summed E-state index contributed by atoms with van der Waals surface area (Å²) >= 11 is 0. The molecule has 0 unspecified atom stereocenters. The first kappa shape index (κ1) is 6.97. The van der Waals surface area contributed by atoms with Gasteiger partial charge in [-0.2, -0.15) is 4.98 Å². The molecule has 0 atom stereocenters. The van der Waals surface area contributed by atoms with Crippen molar-refractivity contribution in [3.8, 4) is 11.5 Å². The monoisotopic (exact) mass is 160 g/mol. The Hall–Kier alpha value is -1.71. The van der Waals surface area contributed by atoms with Crippen LogP contribution in [0.3, 0.4) is 0 Å². The van der Waals surface area contributed by atoms with Gasteiger partial charge in [-0.1, -0.05) is 5.16 Å². The summed E-state index contributed by atoms with van der Waals surface area (Å²) in [6.07, 6.45) is 1.64. The van der Waals surface area contributed by atoms with Crippen molar-refractivity contribution in [1.82, 2.24) is 15.1 Å². The van der Waals surface area contributed by atoms with Crippen LogP contribution in [-0.4, -0.2) is 15.1 Å². The van der Waals surface area contributed by atoms with Gasteiger partial charge in [0.2, 0.25) is 11.7 Å². The first-order valence-electron chi connectivity index (χ1n) is 3.49. The van der Waals surface area contributed by atoms with E-state index in [-0.39, 0.29) is 0 Å². The molecule has 0 aliphatic carbocycles. The summed E-state index contributed by atoms with van der Waals surface area (Å²) in [6, 6.07) is 6.32. The van der Waals surface area contributed by atoms with Crippen LogP contribution < -0.4 is 0 Å². The highest BCUT2D eigenvalue weighted by molar-refractivity contribution is 5.46. The molecule has 4 heteroatoms. The predicted octanol–water partition coefficient (Wildman–Crippen LogP) is 1.24. The summed E-state index contributed by atoms with van der Waals surface area (Å²) in [7, 11) is 0. The normalized spacial score (nSPS) is 10.1. The SMILES string of the molecule is Cc1nc(-c2c[c]ccn2)no1. The van der Waals surface area contributed by atoms with Crippen LogP contribution in [0.25, 0.3) is 11.5 Å². The molecule has 0 aromatic carbocycles. The molecule has 2 heterocycles. The summed E-state index contributed by atoms with van der Waals surface area (Å²) in [5.41, 5.74) is 0.675. The molecule has 0 aliphatic rings. The smallest absolute Gasteiger partial charge is 0.223 e. The fourth-order valence-corrected chi connectivity index (χ4v) is 0.850. The molecule has 2 aromatic rings. The standard InChI is InChI=1S/C8H6N3O/c1-6-10-8(11-12-6)7-4-2-3-5-9-7/h3-5H,1H3. The lowest BCUT2D eigenvalue weighted by Crippen LogP contribution is -1.83. The quantitative estimate of drug-likeness (QED) is 0.629. The van der Waals surface area contributed by atoms with Gasteiger partial charge in [0.1, 0.15) is 5.69 Å². The highest BCUT2D eigenvalue weighted by atomic mass is 16.5. The highest BCUT2D eigenvalue weighted by Gasteiger charge is 2.04. The molecule has 4 nitrogen and oxygen atoms in total. The summed E-state index contributed by atoms with van der Waals surface area (Å²) in [5.74, 6) is 1.04. The minimum Gasteiger partial charge on any atom is -0.339 e. The zero-order valence-electron chi connectivity index (χ0n) is 6.48. The van der Waals surface area contributed by atoms with Crippen molar-refractivity contribution in [1.29, 1.82) is 0 Å². The zero-order valence-corrected chi connectivity index (χ0v) is 6.48. The van der Waals surface area contributed by atoms with Gasteiger partial charge in [0.15, 0.2) is 0 Å². The summed E-state index contributed by atoms with van der Waals surface area (Å²) < 4.78 is 4.80. The Morgan fingerprint density at radius 3 is 3.00 bits per heavy atom. The first-order valence-corrected chi connectivity index (χ1v) is 3.49. The van der Waals surface area contributed by atoms with Crippen molar-refractivity contribution in [2.24, 2.45) is 0 Å². The van der Waals surface area contributed by atoms with E-state index in [4.69, 9.17) is 4.52 Å². The maximum Gasteiger partial charge on any atom is 0.223 e. The molecule has 0 saturated heterocycles. The maximum absolute atomic E-state index is 4.80. The Morgan fingerprint density at radius 2 is 2.42 bits per heavy atom. The summed E-state index contributed by atoms with van der Waals surface area (Å²) in [4.78, 5) is 8.07. The van der Waals surface area contributed by atoms with E-state index in [2.05, 4.69) is 21.2 Å². The van der Waals surface area contributed by atoms with Crippen molar-refractivity contribution < 1.29 is 4.52 Å². The van der Waals surface area contributed by atoms with E-state index in [0.29, 0.717) is 17.4 Å². The van der Waals surface area contributed by atoms with Crippen LogP contribution in [0.15, 0.2) is 22.9 Å². The van der Waals surface area contributed by atoms with E-state index in [1.54, 1.807) is 25.3 Å². The number of hydrogen-bond acceptors (Lipinski definition) is 4. The third-order valence-electron chi connectivity index (χ3n) is 1.36. The number of aromatic nitrogens is 3. The Bertz CT molecular complexity index is 369. The van der Waals surface area contributed by atoms with Gasteiger partial charge in [-0.3, -0.25) is 4.98 Å². The van der Waals surface area contributed by atoms with Crippen LogP contribution in [0, 0.1) is 13.0 Å². The molecule has 2 aromatic heterocycles. The zero-order chi connectivity index (χ0) is 8.39. The van der Waals surface area contributed by atoms with E-state index in [1.165, 1.54) is 0 Å². The van der Waals surface area contributed by atoms with Crippen molar-refractivity contribution in [2.75, 3.05) is 0 Å². The van der Waals surface area contributed by atoms with Gasteiger partial charge < -0.3 is 4.52 Å². The van der Waals surface area contributed by atoms with Crippen molar-refractivity contribution in [3.05, 3.63) is 30.3 Å². The molecule has 0 saturated carbocycles. The second-order valence-electron chi connectivity index (χ2n) is 2.28. The average Bonchev–Trinajstić information content (AvgIpc) is 2.54. The third kappa shape index (κ3) is 1.18. The van der Waals surface area contributed by atoms with Gasteiger partial charge in [0.25, 0.3) is 0 Å². The lowest BCUT2D eigenvalue weighted by Gasteiger charge is -1.88. The van der Waals surface area contributed by atoms with Gasteiger partial charge in [-0.25, -0.2) is 0 Å². The summed E-state index contributed by atoms with van der Waals surface area (Å²) in [6.45, 7) is 1.74. The van der Waals surface area contributed by atoms with Gasteiger partial charge >= 0.3 is 0 Å². The lowest BCUT2D eigenvalue weighted by atomic mass is 10.3. The van der Waals surface area contributed by atoms with E-state index < -0.39 is 0 Å². The van der Waals surface area contributed by atoms with Crippen molar-refractivity contribution in [2.45, 2.75) is 6.92 Å². The van der Waals surface area contributed by atoms with Crippen LogP contribution in [0.1, 0.15) is 5.89 Å². The molecular weight excluding hydrogens is 154 g/mol. The third-order valence-corrected chi connectivity index (χ3v) is 1.36. The van der Waals surface area contributed by atoms with Crippen LogP contribution in [0.4, 0.5) is 0 Å². The molecule has 0 N–H and O–H groups in total. The van der Waals surface area contributed by atoms with Gasteiger partial charge in [0, 0.05) is 13.1 Å². The van der Waals surface area contributed by atoms with E-state index in [1.807, 2.05) is 0 Å². The molecule has 1 radical (unpaired) electrons. The van der Waals surface area contributed by atoms with E-state index in [9.17, 15) is 0 Å². The minimum atomic E-state index is 0.504. The molecule has 0 aliphatic heterocycles. The van der Waals surface area contributed by atoms with Crippen LogP contribution in [0.5, 0.6) is 0 Å². The van der Waals surface area contributed by atoms with Crippen LogP contribution in [-0.2, 0) is 0 Å². The topological polar surface area (TPSA) is 51.8 Å². The molecule has 2 rings (SSSR count). The highest BCUT2D eigenvalue weighted by Crippen LogP contribution is 2.10. The Labute approximate surface area is 69.3 Å².